The topological polar surface area (TPSA) is 207 Å². The molecule has 3 rings (SSSR count). The van der Waals surface area contributed by atoms with Gasteiger partial charge < -0.3 is 30.5 Å². The number of aromatic nitrogens is 1. The minimum Gasteiger partial charge on any atom is -0.489 e. The highest BCUT2D eigenvalue weighted by atomic mass is 19.4. The first-order chi connectivity index (χ1) is 22.6. The molecule has 3 atom stereocenters. The maximum absolute atomic E-state index is 13.7. The molecule has 1 aromatic carbocycles. The molecule has 14 nitrogen and oxygen atoms in total. The number of benzene rings is 1. The Kier molecular flexibility index (Phi) is 13.5. The number of halogens is 3. The van der Waals surface area contributed by atoms with Gasteiger partial charge in [-0.2, -0.15) is 13.2 Å². The Morgan fingerprint density at radius 1 is 1.02 bits per heavy atom. The number of likely N-dealkylation sites (tertiary alicyclic amines) is 1. The summed E-state index contributed by atoms with van der Waals surface area (Å²) < 4.78 is 37.7. The molecule has 17 heteroatoms. The zero-order valence-electron chi connectivity index (χ0n) is 28.0. The molecule has 0 saturated carbocycles. The fourth-order valence-corrected chi connectivity index (χ4v) is 5.26. The van der Waals surface area contributed by atoms with Gasteiger partial charge in [-0.25, -0.2) is 15.1 Å². The zero-order valence-corrected chi connectivity index (χ0v) is 28.0. The molecule has 4 amide bonds. The summed E-state index contributed by atoms with van der Waals surface area (Å²) >= 11 is 0. The van der Waals surface area contributed by atoms with Crippen LogP contribution in [-0.4, -0.2) is 86.4 Å². The number of aryl methyl sites for hydroxylation is 2. The standard InChI is InChI=1S/C30H41N5O7.C2HF3O2/c1-18-15-20(16-19(2)32-18)17-42-22-9-7-21(8-10-22)30(6)12-14-35(27(30)38)23(25(36)34-41)11-13-31-26(37)24(29(3,4)5)33-28(39)40;3-2(4,5)1(6)7/h7-10,15-16,23-24,33,41H,11-14,17H2,1-6H3,(H,31,37)(H,34,36)(H,39,40);(H,6,7)/t23?,24-,30?;/m0./s1. The highest BCUT2D eigenvalue weighted by molar-refractivity contribution is 5.94. The highest BCUT2D eigenvalue weighted by Crippen LogP contribution is 2.37. The first kappa shape index (κ1) is 40.2. The summed E-state index contributed by atoms with van der Waals surface area (Å²) in [7, 11) is 0. The summed E-state index contributed by atoms with van der Waals surface area (Å²) in [5.41, 5.74) is 3.63. The number of alkyl halides is 3. The number of hydroxylamine groups is 1. The molecule has 0 bridgehead atoms. The monoisotopic (exact) mass is 697 g/mol. The van der Waals surface area contributed by atoms with Crippen LogP contribution >= 0.6 is 0 Å². The van der Waals surface area contributed by atoms with E-state index < -0.39 is 53.0 Å². The van der Waals surface area contributed by atoms with Gasteiger partial charge in [0.25, 0.3) is 5.91 Å². The summed E-state index contributed by atoms with van der Waals surface area (Å²) in [6.07, 6.45) is -5.95. The molecule has 2 aromatic rings. The second-order valence-corrected chi connectivity index (χ2v) is 12.8. The lowest BCUT2D eigenvalue weighted by Gasteiger charge is -2.31. The van der Waals surface area contributed by atoms with E-state index >= 15 is 0 Å². The van der Waals surface area contributed by atoms with Crippen LogP contribution in [-0.2, 0) is 31.2 Å². The van der Waals surface area contributed by atoms with E-state index in [0.717, 1.165) is 22.5 Å². The summed E-state index contributed by atoms with van der Waals surface area (Å²) in [6.45, 7) is 11.5. The maximum atomic E-state index is 13.7. The van der Waals surface area contributed by atoms with Gasteiger partial charge in [-0.15, -0.1) is 0 Å². The molecule has 1 saturated heterocycles. The second kappa shape index (κ2) is 16.5. The zero-order chi connectivity index (χ0) is 37.3. The van der Waals surface area contributed by atoms with Gasteiger partial charge in [0.2, 0.25) is 11.8 Å². The predicted octanol–water partition coefficient (Wildman–Crippen LogP) is 3.46. The molecule has 1 fully saturated rings. The van der Waals surface area contributed by atoms with Crippen LogP contribution in [0.3, 0.4) is 0 Å². The van der Waals surface area contributed by atoms with Crippen LogP contribution in [0, 0.1) is 19.3 Å². The van der Waals surface area contributed by atoms with Gasteiger partial charge in [0.05, 0.1) is 5.41 Å². The van der Waals surface area contributed by atoms with Crippen LogP contribution in [0.4, 0.5) is 18.0 Å². The van der Waals surface area contributed by atoms with Gasteiger partial charge in [0.1, 0.15) is 24.4 Å². The molecule has 2 unspecified atom stereocenters. The van der Waals surface area contributed by atoms with Crippen molar-refractivity contribution >= 4 is 29.8 Å². The largest absolute Gasteiger partial charge is 0.490 e. The third-order valence-electron chi connectivity index (χ3n) is 7.77. The molecule has 49 heavy (non-hydrogen) atoms. The van der Waals surface area contributed by atoms with Gasteiger partial charge in [0, 0.05) is 24.5 Å². The molecule has 0 spiro atoms. The van der Waals surface area contributed by atoms with Crippen molar-refractivity contribution in [2.24, 2.45) is 5.41 Å². The Balaban J connectivity index is 0.00000107. The molecule has 1 aromatic heterocycles. The normalized spacial score (nSPS) is 17.3. The molecule has 6 N–H and O–H groups in total. The minimum absolute atomic E-state index is 0.0185. The number of hydrogen-bond donors (Lipinski definition) is 6. The number of carbonyl (C=O) groups is 5. The van der Waals surface area contributed by atoms with E-state index in [2.05, 4.69) is 15.6 Å². The number of nitrogens with one attached hydrogen (secondary N) is 3. The molecule has 0 aliphatic carbocycles. The Labute approximate surface area is 281 Å². The lowest BCUT2D eigenvalue weighted by Crippen LogP contribution is -2.54. The van der Waals surface area contributed by atoms with Crippen LogP contribution < -0.4 is 20.9 Å². The second-order valence-electron chi connectivity index (χ2n) is 12.8. The van der Waals surface area contributed by atoms with Gasteiger partial charge in [0.15, 0.2) is 0 Å². The van der Waals surface area contributed by atoms with Crippen LogP contribution in [0.25, 0.3) is 0 Å². The Morgan fingerprint density at radius 2 is 1.57 bits per heavy atom. The molecule has 1 aliphatic rings. The summed E-state index contributed by atoms with van der Waals surface area (Å²) in [6, 6.07) is 9.15. The molecular formula is C32H42F3N5O9. The average Bonchev–Trinajstić information content (AvgIpc) is 3.29. The first-order valence-corrected chi connectivity index (χ1v) is 15.1. The summed E-state index contributed by atoms with van der Waals surface area (Å²) in [5.74, 6) is -3.71. The Bertz CT molecular complexity index is 1490. The minimum atomic E-state index is -5.08. The number of carboxylic acid groups (broad SMARTS) is 2. The van der Waals surface area contributed by atoms with Crippen LogP contribution in [0.2, 0.25) is 0 Å². The lowest BCUT2D eigenvalue weighted by atomic mass is 9.81. The number of amides is 4. The van der Waals surface area contributed by atoms with Gasteiger partial charge in [-0.3, -0.25) is 24.6 Å². The summed E-state index contributed by atoms with van der Waals surface area (Å²) in [5, 5.41) is 30.5. The van der Waals surface area contributed by atoms with E-state index in [0.29, 0.717) is 18.8 Å². The van der Waals surface area contributed by atoms with Crippen molar-refractivity contribution in [2.45, 2.75) is 84.7 Å². The van der Waals surface area contributed by atoms with Crippen LogP contribution in [0.5, 0.6) is 5.75 Å². The van der Waals surface area contributed by atoms with E-state index in [-0.39, 0.29) is 25.4 Å². The fraction of sp³-hybridized carbons (Fsp3) is 0.500. The molecule has 1 aliphatic heterocycles. The van der Waals surface area contributed by atoms with Gasteiger partial charge in [-0.1, -0.05) is 32.9 Å². The molecule has 2 heterocycles. The number of pyridine rings is 1. The van der Waals surface area contributed by atoms with Crippen molar-refractivity contribution in [2.75, 3.05) is 13.1 Å². The van der Waals surface area contributed by atoms with Crippen LogP contribution in [0.15, 0.2) is 36.4 Å². The number of ether oxygens (including phenoxy) is 1. The number of hydrogen-bond acceptors (Lipinski definition) is 8. The fourth-order valence-electron chi connectivity index (χ4n) is 5.26. The van der Waals surface area contributed by atoms with E-state index in [4.69, 9.17) is 19.7 Å². The lowest BCUT2D eigenvalue weighted by molar-refractivity contribution is -0.192. The molecule has 270 valence electrons. The van der Waals surface area contributed by atoms with Crippen molar-refractivity contribution < 1.29 is 57.3 Å². The van der Waals surface area contributed by atoms with Gasteiger partial charge >= 0.3 is 18.2 Å². The number of aliphatic carboxylic acids is 1. The smallest absolute Gasteiger partial charge is 0.489 e. The van der Waals surface area contributed by atoms with Crippen molar-refractivity contribution in [1.29, 1.82) is 0 Å². The third kappa shape index (κ3) is 11.3. The van der Waals surface area contributed by atoms with E-state index in [1.54, 1.807) is 26.3 Å². The average molecular weight is 698 g/mol. The number of rotatable bonds is 11. The highest BCUT2D eigenvalue weighted by Gasteiger charge is 2.47. The Hall–Kier alpha value is -4.93. The quantitative estimate of drug-likeness (QED) is 0.149. The maximum Gasteiger partial charge on any atom is 0.490 e. The number of carboxylic acids is 1. The predicted molar refractivity (Wildman–Crippen MR) is 168 cm³/mol. The van der Waals surface area contributed by atoms with E-state index in [9.17, 15) is 37.6 Å². The first-order valence-electron chi connectivity index (χ1n) is 15.1. The SMILES string of the molecule is Cc1cc(COc2ccc(C3(C)CCN(C(CCNC(=O)[C@H](NC(=O)O)C(C)(C)C)C(=O)NO)C3=O)cc2)cc(C)n1.O=C(O)C(F)(F)F. The van der Waals surface area contributed by atoms with Gasteiger partial charge in [-0.05, 0) is 74.4 Å². The number of nitrogens with zero attached hydrogens (tertiary/aromatic N) is 2. The molecule has 0 radical (unpaired) electrons. The van der Waals surface area contributed by atoms with Crippen molar-refractivity contribution in [1.82, 2.24) is 26.0 Å². The van der Waals surface area contributed by atoms with Crippen molar-refractivity contribution in [3.05, 3.63) is 58.9 Å². The third-order valence-corrected chi connectivity index (χ3v) is 7.77. The Morgan fingerprint density at radius 3 is 2.04 bits per heavy atom. The van der Waals surface area contributed by atoms with Crippen molar-refractivity contribution in [3.8, 4) is 5.75 Å². The van der Waals surface area contributed by atoms with Crippen LogP contribution in [0.1, 0.15) is 63.1 Å². The summed E-state index contributed by atoms with van der Waals surface area (Å²) in [4.78, 5) is 64.8. The van der Waals surface area contributed by atoms with E-state index in [1.165, 1.54) is 4.90 Å². The number of carbonyl (C=O) groups excluding carboxylic acids is 3. The molecular weight excluding hydrogens is 655 g/mol. The van der Waals surface area contributed by atoms with E-state index in [1.807, 2.05) is 57.2 Å². The van der Waals surface area contributed by atoms with Crippen molar-refractivity contribution in [3.63, 3.8) is 0 Å².